The van der Waals surface area contributed by atoms with E-state index in [1.54, 1.807) is 19.1 Å². The monoisotopic (exact) mass is 237 g/mol. The van der Waals surface area contributed by atoms with Gasteiger partial charge in [0.05, 0.1) is 10.5 Å². The molecule has 1 aromatic carbocycles. The summed E-state index contributed by atoms with van der Waals surface area (Å²) in [5, 5.41) is 19.4. The van der Waals surface area contributed by atoms with Gasteiger partial charge in [-0.15, -0.1) is 0 Å². The van der Waals surface area contributed by atoms with Crippen molar-refractivity contribution in [2.75, 3.05) is 6.61 Å². The number of para-hydroxylation sites is 1. The van der Waals surface area contributed by atoms with E-state index in [1.165, 1.54) is 6.07 Å². The number of aliphatic carboxylic acids is 1. The number of hydrogen-bond acceptors (Lipinski definition) is 4. The molecule has 0 atom stereocenters. The molecule has 6 nitrogen and oxygen atoms in total. The Balaban J connectivity index is 2.92. The Kier molecular flexibility index (Phi) is 3.82. The number of nitrogens with zero attached hydrogens (tertiary/aromatic N) is 1. The van der Waals surface area contributed by atoms with Crippen molar-refractivity contribution in [3.63, 3.8) is 0 Å². The van der Waals surface area contributed by atoms with Crippen LogP contribution in [0.3, 0.4) is 0 Å². The third-order valence-electron chi connectivity index (χ3n) is 2.09. The maximum Gasteiger partial charge on any atom is 0.334 e. The normalized spacial score (nSPS) is 9.71. The summed E-state index contributed by atoms with van der Waals surface area (Å²) in [6.45, 7) is 4.56. The summed E-state index contributed by atoms with van der Waals surface area (Å²) in [7, 11) is 0. The van der Waals surface area contributed by atoms with Crippen LogP contribution in [0.25, 0.3) is 0 Å². The molecular weight excluding hydrogens is 226 g/mol. The summed E-state index contributed by atoms with van der Waals surface area (Å²) in [4.78, 5) is 20.7. The van der Waals surface area contributed by atoms with Crippen molar-refractivity contribution < 1.29 is 19.6 Å². The number of aryl methyl sites for hydroxylation is 1. The average molecular weight is 237 g/mol. The number of carboxylic acid groups (broad SMARTS) is 1. The van der Waals surface area contributed by atoms with Crippen LogP contribution in [0.15, 0.2) is 30.4 Å². The highest BCUT2D eigenvalue weighted by Gasteiger charge is 2.18. The molecule has 0 saturated heterocycles. The Morgan fingerprint density at radius 3 is 2.76 bits per heavy atom. The maximum atomic E-state index is 10.8. The van der Waals surface area contributed by atoms with Gasteiger partial charge in [-0.1, -0.05) is 18.7 Å². The number of rotatable bonds is 5. The number of hydrogen-bond donors (Lipinski definition) is 1. The third-order valence-corrected chi connectivity index (χ3v) is 2.09. The van der Waals surface area contributed by atoms with Crippen molar-refractivity contribution in [1.82, 2.24) is 0 Å². The van der Waals surface area contributed by atoms with Gasteiger partial charge in [-0.2, -0.15) is 0 Å². The molecule has 0 bridgehead atoms. The molecule has 0 radical (unpaired) electrons. The fourth-order valence-electron chi connectivity index (χ4n) is 1.21. The lowest BCUT2D eigenvalue weighted by Crippen LogP contribution is -2.10. The van der Waals surface area contributed by atoms with Crippen LogP contribution in [-0.4, -0.2) is 22.6 Å². The largest absolute Gasteiger partial charge is 0.482 e. The van der Waals surface area contributed by atoms with Gasteiger partial charge in [-0.05, 0) is 13.0 Å². The van der Waals surface area contributed by atoms with E-state index < -0.39 is 10.9 Å². The second-order valence-corrected chi connectivity index (χ2v) is 3.38. The molecule has 1 rings (SSSR count). The van der Waals surface area contributed by atoms with Gasteiger partial charge < -0.3 is 9.84 Å². The molecule has 0 unspecified atom stereocenters. The van der Waals surface area contributed by atoms with Crippen molar-refractivity contribution >= 4 is 11.7 Å². The predicted octanol–water partition coefficient (Wildman–Crippen LogP) is 1.92. The molecule has 1 aromatic rings. The van der Waals surface area contributed by atoms with E-state index in [0.717, 1.165) is 0 Å². The van der Waals surface area contributed by atoms with E-state index in [-0.39, 0.29) is 23.6 Å². The smallest absolute Gasteiger partial charge is 0.334 e. The molecule has 0 fully saturated rings. The van der Waals surface area contributed by atoms with Crippen LogP contribution in [0.5, 0.6) is 5.75 Å². The van der Waals surface area contributed by atoms with Crippen LogP contribution in [0.4, 0.5) is 5.69 Å². The topological polar surface area (TPSA) is 89.7 Å². The number of carbonyl (C=O) groups is 1. The van der Waals surface area contributed by atoms with E-state index in [0.29, 0.717) is 5.56 Å². The molecule has 0 aliphatic heterocycles. The second kappa shape index (κ2) is 5.11. The number of nitro benzene ring substituents is 1. The van der Waals surface area contributed by atoms with Crippen molar-refractivity contribution in [1.29, 1.82) is 0 Å². The van der Waals surface area contributed by atoms with Gasteiger partial charge >= 0.3 is 11.7 Å². The Bertz CT molecular complexity index is 481. The van der Waals surface area contributed by atoms with E-state index in [2.05, 4.69) is 6.58 Å². The van der Waals surface area contributed by atoms with Crippen LogP contribution in [0, 0.1) is 17.0 Å². The van der Waals surface area contributed by atoms with Gasteiger partial charge in [0, 0.05) is 5.56 Å². The summed E-state index contributed by atoms with van der Waals surface area (Å²) < 4.78 is 5.08. The van der Waals surface area contributed by atoms with Gasteiger partial charge in [0.25, 0.3) is 0 Å². The number of carboxylic acids is 1. The predicted molar refractivity (Wildman–Crippen MR) is 60.1 cm³/mol. The van der Waals surface area contributed by atoms with E-state index in [4.69, 9.17) is 9.84 Å². The molecule has 0 aromatic heterocycles. The number of nitro groups is 1. The fourth-order valence-corrected chi connectivity index (χ4v) is 1.21. The molecule has 6 heteroatoms. The minimum absolute atomic E-state index is 0.0393. The lowest BCUT2D eigenvalue weighted by atomic mass is 10.2. The number of benzene rings is 1. The molecule has 0 heterocycles. The zero-order valence-corrected chi connectivity index (χ0v) is 9.17. The summed E-state index contributed by atoms with van der Waals surface area (Å²) in [6, 6.07) is 4.60. The molecule has 0 aliphatic rings. The fraction of sp³-hybridized carbons (Fsp3) is 0.182. The highest BCUT2D eigenvalue weighted by molar-refractivity contribution is 5.86. The minimum atomic E-state index is -1.19. The Morgan fingerprint density at radius 2 is 2.24 bits per heavy atom. The standard InChI is InChI=1S/C11H11NO5/c1-7-4-3-5-9(10(7)12(15)16)17-6-8(2)11(13)14/h3-5H,2,6H2,1H3,(H,13,14). The van der Waals surface area contributed by atoms with Crippen LogP contribution < -0.4 is 4.74 Å². The van der Waals surface area contributed by atoms with Crippen LogP contribution in [-0.2, 0) is 4.79 Å². The summed E-state index contributed by atoms with van der Waals surface area (Å²) in [5.74, 6) is -1.15. The van der Waals surface area contributed by atoms with Gasteiger partial charge in [-0.3, -0.25) is 10.1 Å². The highest BCUT2D eigenvalue weighted by Crippen LogP contribution is 2.30. The lowest BCUT2D eigenvalue weighted by Gasteiger charge is -2.07. The second-order valence-electron chi connectivity index (χ2n) is 3.38. The molecule has 0 saturated carbocycles. The minimum Gasteiger partial charge on any atom is -0.482 e. The zero-order valence-electron chi connectivity index (χ0n) is 9.17. The van der Waals surface area contributed by atoms with Crippen LogP contribution >= 0.6 is 0 Å². The molecular formula is C11H11NO5. The molecule has 0 spiro atoms. The van der Waals surface area contributed by atoms with Crippen molar-refractivity contribution in [2.24, 2.45) is 0 Å². The summed E-state index contributed by atoms with van der Waals surface area (Å²) in [5.41, 5.74) is 0.125. The van der Waals surface area contributed by atoms with Crippen molar-refractivity contribution in [3.05, 3.63) is 46.0 Å². The first kappa shape index (κ1) is 12.7. The van der Waals surface area contributed by atoms with Gasteiger partial charge in [0.15, 0.2) is 5.75 Å². The molecule has 1 N–H and O–H groups in total. The SMILES string of the molecule is C=C(COc1cccc(C)c1[N+](=O)[O-])C(=O)O. The summed E-state index contributed by atoms with van der Waals surface area (Å²) >= 11 is 0. The Morgan fingerprint density at radius 1 is 1.59 bits per heavy atom. The van der Waals surface area contributed by atoms with Crippen molar-refractivity contribution in [3.8, 4) is 5.75 Å². The highest BCUT2D eigenvalue weighted by atomic mass is 16.6. The lowest BCUT2D eigenvalue weighted by molar-refractivity contribution is -0.386. The molecule has 0 aliphatic carbocycles. The van der Waals surface area contributed by atoms with E-state index in [9.17, 15) is 14.9 Å². The zero-order chi connectivity index (χ0) is 13.0. The molecule has 90 valence electrons. The van der Waals surface area contributed by atoms with Gasteiger partial charge in [-0.25, -0.2) is 4.79 Å². The Hall–Kier alpha value is -2.37. The van der Waals surface area contributed by atoms with Gasteiger partial charge in [0.2, 0.25) is 0 Å². The third kappa shape index (κ3) is 3.04. The van der Waals surface area contributed by atoms with Gasteiger partial charge in [0.1, 0.15) is 6.61 Å². The van der Waals surface area contributed by atoms with E-state index in [1.807, 2.05) is 0 Å². The first-order valence-electron chi connectivity index (χ1n) is 4.71. The van der Waals surface area contributed by atoms with Crippen LogP contribution in [0.2, 0.25) is 0 Å². The first-order valence-corrected chi connectivity index (χ1v) is 4.71. The van der Waals surface area contributed by atoms with E-state index >= 15 is 0 Å². The molecule has 0 amide bonds. The average Bonchev–Trinajstić information content (AvgIpc) is 2.24. The quantitative estimate of drug-likeness (QED) is 0.480. The van der Waals surface area contributed by atoms with Crippen molar-refractivity contribution in [2.45, 2.75) is 6.92 Å². The number of ether oxygens (including phenoxy) is 1. The summed E-state index contributed by atoms with van der Waals surface area (Å²) in [6.07, 6.45) is 0. The Labute approximate surface area is 97.3 Å². The maximum absolute atomic E-state index is 10.8. The molecule has 17 heavy (non-hydrogen) atoms. The van der Waals surface area contributed by atoms with Crippen LogP contribution in [0.1, 0.15) is 5.56 Å². The first-order chi connectivity index (χ1) is 7.93.